The topological polar surface area (TPSA) is 171 Å². The molecule has 11 heteroatoms. The molecule has 6 aromatic carbocycles. The highest BCUT2D eigenvalue weighted by Gasteiger charge is 2.38. The minimum atomic E-state index is -1.24. The number of nitrogens with zero attached hydrogens (tertiary/aromatic N) is 1. The number of carbonyl (C=O) groups is 5. The molecule has 6 N–H and O–H groups in total. The van der Waals surface area contributed by atoms with Crippen LogP contribution < -0.4 is 21.7 Å². The molecular weight excluding hydrogens is 767 g/mol. The molecule has 0 fully saturated rings. The molecule has 1 aliphatic heterocycles. The summed E-state index contributed by atoms with van der Waals surface area (Å²) < 4.78 is 0. The van der Waals surface area contributed by atoms with E-state index in [-0.39, 0.29) is 38.1 Å². The Kier molecular flexibility index (Phi) is 13.6. The van der Waals surface area contributed by atoms with Gasteiger partial charge in [-0.1, -0.05) is 140 Å². The average Bonchev–Trinajstić information content (AvgIpc) is 3.28. The summed E-state index contributed by atoms with van der Waals surface area (Å²) in [7, 11) is 0. The van der Waals surface area contributed by atoms with Gasteiger partial charge in [-0.2, -0.15) is 0 Å². The van der Waals surface area contributed by atoms with E-state index >= 15 is 0 Å². The molecule has 6 aromatic rings. The Morgan fingerprint density at radius 1 is 0.623 bits per heavy atom. The van der Waals surface area contributed by atoms with E-state index in [9.17, 15) is 29.1 Å². The maximum Gasteiger partial charge on any atom is 0.326 e. The lowest BCUT2D eigenvalue weighted by molar-refractivity contribution is -0.144. The fraction of sp³-hybridized carbons (Fsp3) is 0.220. The van der Waals surface area contributed by atoms with E-state index in [4.69, 9.17) is 5.73 Å². The predicted molar refractivity (Wildman–Crippen MR) is 234 cm³/mol. The van der Waals surface area contributed by atoms with Crippen molar-refractivity contribution in [1.82, 2.24) is 20.9 Å². The third-order valence-corrected chi connectivity index (χ3v) is 11.1. The number of amides is 4. The van der Waals surface area contributed by atoms with Gasteiger partial charge in [-0.05, 0) is 69.1 Å². The number of nitrogens with two attached hydrogens (primary N) is 1. The molecule has 11 nitrogen and oxygen atoms in total. The van der Waals surface area contributed by atoms with Crippen molar-refractivity contribution in [2.24, 2.45) is 5.73 Å². The number of hydrogen-bond donors (Lipinski definition) is 5. The Labute approximate surface area is 355 Å². The molecule has 310 valence electrons. The highest BCUT2D eigenvalue weighted by molar-refractivity contribution is 5.95. The summed E-state index contributed by atoms with van der Waals surface area (Å²) in [6, 6.07) is 42.6. The first kappa shape index (κ1) is 42.0. The van der Waals surface area contributed by atoms with Crippen molar-refractivity contribution in [2.45, 2.75) is 62.8 Å². The molecule has 0 aromatic heterocycles. The van der Waals surface area contributed by atoms with Crippen LogP contribution in [0.2, 0.25) is 0 Å². The Morgan fingerprint density at radius 2 is 1.20 bits per heavy atom. The standard InChI is InChI=1S/C50H49N5O6/c51-42(28-35-20-23-38(24-21-35)46(56)52-26-25-36-19-22-37-15-7-8-16-39(37)27-36)49(59)55-32-41-18-10-9-17-40(41)31-45(55)48(58)53-43(29-33-11-3-1-4-12-33)47(57)54-44(50(60)61)30-34-13-5-2-6-14-34/h1-24,27,42-45H,25-26,28-32,51H2,(H,52,56)(H,53,58)(H,54,57)(H,60,61)/t42-,43-,44-,45?/m0/s1. The summed E-state index contributed by atoms with van der Waals surface area (Å²) in [6.07, 6.45) is 1.18. The fourth-order valence-corrected chi connectivity index (χ4v) is 7.80. The fourth-order valence-electron chi connectivity index (χ4n) is 7.80. The zero-order chi connectivity index (χ0) is 42.7. The lowest BCUT2D eigenvalue weighted by Crippen LogP contribution is -2.60. The van der Waals surface area contributed by atoms with Crippen molar-refractivity contribution in [3.8, 4) is 0 Å². The second-order valence-corrected chi connectivity index (χ2v) is 15.5. The van der Waals surface area contributed by atoms with Crippen LogP contribution >= 0.6 is 0 Å². The van der Waals surface area contributed by atoms with Gasteiger partial charge in [-0.25, -0.2) is 4.79 Å². The number of carboxylic acid groups (broad SMARTS) is 1. The van der Waals surface area contributed by atoms with E-state index in [1.54, 1.807) is 48.5 Å². The minimum absolute atomic E-state index is 0.0517. The van der Waals surface area contributed by atoms with Gasteiger partial charge in [0.25, 0.3) is 5.91 Å². The third-order valence-electron chi connectivity index (χ3n) is 11.1. The normalized spacial score (nSPS) is 14.8. The van der Waals surface area contributed by atoms with E-state index in [2.05, 4.69) is 46.3 Å². The molecule has 1 heterocycles. The molecule has 4 amide bonds. The van der Waals surface area contributed by atoms with Crippen LogP contribution in [0, 0.1) is 0 Å². The molecule has 4 atom stereocenters. The summed E-state index contributed by atoms with van der Waals surface area (Å²) in [6.45, 7) is 0.605. The molecule has 7 rings (SSSR count). The highest BCUT2D eigenvalue weighted by Crippen LogP contribution is 2.25. The summed E-state index contributed by atoms with van der Waals surface area (Å²) >= 11 is 0. The number of benzene rings is 6. The van der Waals surface area contributed by atoms with E-state index in [1.807, 2.05) is 72.8 Å². The Bertz CT molecular complexity index is 2490. The van der Waals surface area contributed by atoms with Crippen LogP contribution in [-0.4, -0.2) is 70.3 Å². The maximum absolute atomic E-state index is 14.3. The van der Waals surface area contributed by atoms with Crippen LogP contribution in [0.15, 0.2) is 152 Å². The first-order valence-electron chi connectivity index (χ1n) is 20.5. The van der Waals surface area contributed by atoms with Crippen LogP contribution in [0.1, 0.15) is 43.7 Å². The second-order valence-electron chi connectivity index (χ2n) is 15.5. The largest absolute Gasteiger partial charge is 0.480 e. The van der Waals surface area contributed by atoms with E-state index in [1.165, 1.54) is 10.3 Å². The lowest BCUT2D eigenvalue weighted by atomic mass is 9.92. The number of carbonyl (C=O) groups excluding carboxylic acids is 4. The number of nitrogens with one attached hydrogen (secondary N) is 3. The lowest BCUT2D eigenvalue weighted by Gasteiger charge is -2.38. The van der Waals surface area contributed by atoms with Crippen molar-refractivity contribution in [2.75, 3.05) is 6.54 Å². The van der Waals surface area contributed by atoms with Crippen LogP contribution in [0.4, 0.5) is 0 Å². The van der Waals surface area contributed by atoms with Gasteiger partial charge in [0.15, 0.2) is 0 Å². The molecule has 0 saturated carbocycles. The monoisotopic (exact) mass is 815 g/mol. The molecule has 0 saturated heterocycles. The third kappa shape index (κ3) is 10.9. The van der Waals surface area contributed by atoms with Crippen molar-refractivity contribution >= 4 is 40.4 Å². The van der Waals surface area contributed by atoms with Gasteiger partial charge in [0.05, 0.1) is 6.04 Å². The maximum atomic E-state index is 14.3. The zero-order valence-electron chi connectivity index (χ0n) is 33.7. The van der Waals surface area contributed by atoms with Crippen molar-refractivity contribution in [3.05, 3.63) is 191 Å². The number of fused-ring (bicyclic) bond motifs is 2. The number of rotatable bonds is 16. The minimum Gasteiger partial charge on any atom is -0.480 e. The SMILES string of the molecule is N[C@@H](Cc1ccc(C(=O)NCCc2ccc3ccccc3c2)cc1)C(=O)N1Cc2ccccc2CC1C(=O)N[C@@H](Cc1ccccc1)C(=O)N[C@@H](Cc1ccccc1)C(=O)O. The van der Waals surface area contributed by atoms with Crippen molar-refractivity contribution in [1.29, 1.82) is 0 Å². The van der Waals surface area contributed by atoms with Gasteiger partial charge in [-0.3, -0.25) is 19.2 Å². The van der Waals surface area contributed by atoms with E-state index in [0.29, 0.717) is 18.5 Å². The Morgan fingerprint density at radius 3 is 1.87 bits per heavy atom. The summed E-state index contributed by atoms with van der Waals surface area (Å²) in [5, 5.41) is 20.9. The molecule has 61 heavy (non-hydrogen) atoms. The molecule has 0 spiro atoms. The van der Waals surface area contributed by atoms with E-state index in [0.717, 1.165) is 38.8 Å². The molecular formula is C50H49N5O6. The smallest absolute Gasteiger partial charge is 0.326 e. The van der Waals surface area contributed by atoms with Crippen LogP contribution in [-0.2, 0) is 57.8 Å². The molecule has 0 radical (unpaired) electrons. The molecule has 1 aliphatic rings. The van der Waals surface area contributed by atoms with Crippen LogP contribution in [0.5, 0.6) is 0 Å². The average molecular weight is 816 g/mol. The van der Waals surface area contributed by atoms with Crippen molar-refractivity contribution < 1.29 is 29.1 Å². The highest BCUT2D eigenvalue weighted by atomic mass is 16.4. The number of carboxylic acids is 1. The van der Waals surface area contributed by atoms with Crippen LogP contribution in [0.3, 0.4) is 0 Å². The second kappa shape index (κ2) is 19.8. The molecule has 1 unspecified atom stereocenters. The Balaban J connectivity index is 1.01. The Hall–Kier alpha value is -7.11. The van der Waals surface area contributed by atoms with Crippen LogP contribution in [0.25, 0.3) is 10.8 Å². The van der Waals surface area contributed by atoms with Gasteiger partial charge in [0.2, 0.25) is 17.7 Å². The quantitative estimate of drug-likeness (QED) is 0.0897. The van der Waals surface area contributed by atoms with Gasteiger partial charge in [0.1, 0.15) is 18.1 Å². The number of aliphatic carboxylic acids is 1. The number of hydrogen-bond acceptors (Lipinski definition) is 6. The summed E-state index contributed by atoms with van der Waals surface area (Å²) in [5.74, 6) is -3.07. The van der Waals surface area contributed by atoms with Gasteiger partial charge >= 0.3 is 5.97 Å². The summed E-state index contributed by atoms with van der Waals surface area (Å²) in [5.41, 5.74) is 12.2. The summed E-state index contributed by atoms with van der Waals surface area (Å²) in [4.78, 5) is 69.2. The van der Waals surface area contributed by atoms with Gasteiger partial charge in [0, 0.05) is 37.9 Å². The van der Waals surface area contributed by atoms with Crippen molar-refractivity contribution in [3.63, 3.8) is 0 Å². The van der Waals surface area contributed by atoms with Gasteiger partial charge < -0.3 is 31.7 Å². The molecule has 0 aliphatic carbocycles. The first-order chi connectivity index (χ1) is 29.6. The van der Waals surface area contributed by atoms with Gasteiger partial charge in [-0.15, -0.1) is 0 Å². The van der Waals surface area contributed by atoms with E-state index < -0.39 is 47.9 Å². The first-order valence-corrected chi connectivity index (χ1v) is 20.5. The predicted octanol–water partition coefficient (Wildman–Crippen LogP) is 5.18. The molecule has 0 bridgehead atoms. The zero-order valence-corrected chi connectivity index (χ0v) is 33.7.